The lowest BCUT2D eigenvalue weighted by Crippen LogP contribution is -2.50. The van der Waals surface area contributed by atoms with Crippen LogP contribution in [0, 0.1) is 5.92 Å². The molecule has 2 heterocycles. The van der Waals surface area contributed by atoms with E-state index in [2.05, 4.69) is 16.8 Å². The molecule has 2 fully saturated rings. The lowest BCUT2D eigenvalue weighted by molar-refractivity contribution is 0.0827. The van der Waals surface area contributed by atoms with Crippen LogP contribution in [-0.2, 0) is 0 Å². The Balaban J connectivity index is 1.65. The number of hydrogen-bond donors (Lipinski definition) is 0. The fourth-order valence-corrected chi connectivity index (χ4v) is 2.45. The molecule has 0 aromatic rings. The second-order valence-electron chi connectivity index (χ2n) is 4.45. The molecule has 0 unspecified atom stereocenters. The van der Waals surface area contributed by atoms with Gasteiger partial charge in [0.15, 0.2) is 0 Å². The van der Waals surface area contributed by atoms with Crippen LogP contribution in [-0.4, -0.2) is 49.6 Å². The molecule has 0 N–H and O–H groups in total. The molecule has 0 radical (unpaired) electrons. The van der Waals surface area contributed by atoms with Crippen LogP contribution < -0.4 is 0 Å². The smallest absolute Gasteiger partial charge is 0.00342 e. The Kier molecular flexibility index (Phi) is 2.66. The quantitative estimate of drug-likeness (QED) is 0.608. The van der Waals surface area contributed by atoms with Crippen LogP contribution in [0.3, 0.4) is 0 Å². The Morgan fingerprint density at radius 1 is 1.08 bits per heavy atom. The molecule has 70 valence electrons. The molecule has 0 aliphatic carbocycles. The van der Waals surface area contributed by atoms with E-state index in [4.69, 9.17) is 0 Å². The van der Waals surface area contributed by atoms with Gasteiger partial charge >= 0.3 is 0 Å². The molecule has 2 aliphatic rings. The molecule has 0 saturated carbocycles. The SMILES string of the molecule is CN1CC(CN2CCCCC2)C1. The third kappa shape index (κ3) is 1.99. The van der Waals surface area contributed by atoms with Crippen LogP contribution in [0.2, 0.25) is 0 Å². The van der Waals surface area contributed by atoms with E-state index in [0.717, 1.165) is 5.92 Å². The van der Waals surface area contributed by atoms with Crippen molar-refractivity contribution in [1.82, 2.24) is 9.80 Å². The first kappa shape index (κ1) is 8.52. The van der Waals surface area contributed by atoms with E-state index in [1.54, 1.807) is 0 Å². The van der Waals surface area contributed by atoms with Gasteiger partial charge in [-0.3, -0.25) is 0 Å². The number of rotatable bonds is 2. The van der Waals surface area contributed by atoms with Gasteiger partial charge in [-0.2, -0.15) is 0 Å². The van der Waals surface area contributed by atoms with Crippen molar-refractivity contribution in [2.24, 2.45) is 5.92 Å². The van der Waals surface area contributed by atoms with Gasteiger partial charge in [-0.05, 0) is 38.9 Å². The summed E-state index contributed by atoms with van der Waals surface area (Å²) in [5, 5.41) is 0. The van der Waals surface area contributed by atoms with Crippen molar-refractivity contribution in [3.8, 4) is 0 Å². The topological polar surface area (TPSA) is 6.48 Å². The summed E-state index contributed by atoms with van der Waals surface area (Å²) in [5.41, 5.74) is 0. The third-order valence-corrected chi connectivity index (χ3v) is 3.10. The van der Waals surface area contributed by atoms with E-state index < -0.39 is 0 Å². The van der Waals surface area contributed by atoms with E-state index in [0.29, 0.717) is 0 Å². The predicted molar refractivity (Wildman–Crippen MR) is 51.3 cm³/mol. The lowest BCUT2D eigenvalue weighted by Gasteiger charge is -2.40. The van der Waals surface area contributed by atoms with Gasteiger partial charge in [-0.15, -0.1) is 0 Å². The van der Waals surface area contributed by atoms with E-state index >= 15 is 0 Å². The summed E-state index contributed by atoms with van der Waals surface area (Å²) in [4.78, 5) is 5.07. The Morgan fingerprint density at radius 3 is 2.33 bits per heavy atom. The van der Waals surface area contributed by atoms with Gasteiger partial charge in [0.05, 0.1) is 0 Å². The van der Waals surface area contributed by atoms with Gasteiger partial charge in [0.1, 0.15) is 0 Å². The highest BCUT2D eigenvalue weighted by Gasteiger charge is 2.25. The van der Waals surface area contributed by atoms with Crippen molar-refractivity contribution in [2.45, 2.75) is 19.3 Å². The third-order valence-electron chi connectivity index (χ3n) is 3.10. The lowest BCUT2D eigenvalue weighted by atomic mass is 9.99. The Morgan fingerprint density at radius 2 is 1.75 bits per heavy atom. The van der Waals surface area contributed by atoms with E-state index in [1.165, 1.54) is 52.0 Å². The first-order chi connectivity index (χ1) is 5.84. The van der Waals surface area contributed by atoms with Gasteiger partial charge in [0.2, 0.25) is 0 Å². The summed E-state index contributed by atoms with van der Waals surface area (Å²) in [6.07, 6.45) is 4.33. The Bertz CT molecular complexity index is 135. The highest BCUT2D eigenvalue weighted by molar-refractivity contribution is 4.80. The van der Waals surface area contributed by atoms with Crippen LogP contribution in [0.5, 0.6) is 0 Å². The fraction of sp³-hybridized carbons (Fsp3) is 1.00. The summed E-state index contributed by atoms with van der Waals surface area (Å²) in [6, 6.07) is 0. The molecular formula is C10H20N2. The molecular weight excluding hydrogens is 148 g/mol. The molecule has 2 nitrogen and oxygen atoms in total. The highest BCUT2D eigenvalue weighted by atomic mass is 15.2. The number of piperidine rings is 1. The minimum absolute atomic E-state index is 0.980. The van der Waals surface area contributed by atoms with Crippen molar-refractivity contribution >= 4 is 0 Å². The van der Waals surface area contributed by atoms with Crippen molar-refractivity contribution < 1.29 is 0 Å². The second kappa shape index (κ2) is 3.75. The molecule has 0 aromatic carbocycles. The zero-order chi connectivity index (χ0) is 8.39. The van der Waals surface area contributed by atoms with E-state index in [-0.39, 0.29) is 0 Å². The van der Waals surface area contributed by atoms with Gasteiger partial charge in [0, 0.05) is 19.6 Å². The van der Waals surface area contributed by atoms with E-state index in [1.807, 2.05) is 0 Å². The molecule has 2 aliphatic heterocycles. The van der Waals surface area contributed by atoms with Crippen LogP contribution >= 0.6 is 0 Å². The fourth-order valence-electron chi connectivity index (χ4n) is 2.45. The molecule has 12 heavy (non-hydrogen) atoms. The van der Waals surface area contributed by atoms with Crippen LogP contribution in [0.4, 0.5) is 0 Å². The standard InChI is InChI=1S/C10H20N2/c1-11-7-10(8-11)9-12-5-3-2-4-6-12/h10H,2-9H2,1H3. The first-order valence-corrected chi connectivity index (χ1v) is 5.25. The van der Waals surface area contributed by atoms with Crippen molar-refractivity contribution in [1.29, 1.82) is 0 Å². The summed E-state index contributed by atoms with van der Waals surface area (Å²) >= 11 is 0. The van der Waals surface area contributed by atoms with Crippen molar-refractivity contribution in [2.75, 3.05) is 39.8 Å². The highest BCUT2D eigenvalue weighted by Crippen LogP contribution is 2.17. The van der Waals surface area contributed by atoms with Crippen LogP contribution in [0.15, 0.2) is 0 Å². The molecule has 0 amide bonds. The molecule has 2 saturated heterocycles. The molecule has 2 heteroatoms. The monoisotopic (exact) mass is 168 g/mol. The minimum atomic E-state index is 0.980. The maximum Gasteiger partial charge on any atom is 0.00342 e. The maximum atomic E-state index is 2.65. The number of hydrogen-bond acceptors (Lipinski definition) is 2. The molecule has 2 rings (SSSR count). The Hall–Kier alpha value is -0.0800. The van der Waals surface area contributed by atoms with Crippen molar-refractivity contribution in [3.05, 3.63) is 0 Å². The normalized spacial score (nSPS) is 28.8. The van der Waals surface area contributed by atoms with Gasteiger partial charge in [-0.1, -0.05) is 6.42 Å². The maximum absolute atomic E-state index is 2.65. The summed E-state index contributed by atoms with van der Waals surface area (Å²) in [7, 11) is 2.21. The summed E-state index contributed by atoms with van der Waals surface area (Å²) in [5.74, 6) is 0.980. The average molecular weight is 168 g/mol. The van der Waals surface area contributed by atoms with Crippen LogP contribution in [0.25, 0.3) is 0 Å². The summed E-state index contributed by atoms with van der Waals surface area (Å²) < 4.78 is 0. The molecule has 0 atom stereocenters. The molecule has 0 bridgehead atoms. The largest absolute Gasteiger partial charge is 0.306 e. The second-order valence-corrected chi connectivity index (χ2v) is 4.45. The van der Waals surface area contributed by atoms with Gasteiger partial charge in [-0.25, -0.2) is 0 Å². The first-order valence-electron chi connectivity index (χ1n) is 5.25. The summed E-state index contributed by atoms with van der Waals surface area (Å²) in [6.45, 7) is 6.75. The molecule has 0 aromatic heterocycles. The van der Waals surface area contributed by atoms with Gasteiger partial charge in [0.25, 0.3) is 0 Å². The van der Waals surface area contributed by atoms with Crippen LogP contribution in [0.1, 0.15) is 19.3 Å². The number of nitrogens with zero attached hydrogens (tertiary/aromatic N) is 2. The number of likely N-dealkylation sites (tertiary alicyclic amines) is 2. The van der Waals surface area contributed by atoms with Gasteiger partial charge < -0.3 is 9.80 Å². The molecule has 0 spiro atoms. The minimum Gasteiger partial charge on any atom is -0.306 e. The Labute approximate surface area is 75.5 Å². The van der Waals surface area contributed by atoms with E-state index in [9.17, 15) is 0 Å². The average Bonchev–Trinajstić information content (AvgIpc) is 2.04. The van der Waals surface area contributed by atoms with Crippen molar-refractivity contribution in [3.63, 3.8) is 0 Å². The zero-order valence-corrected chi connectivity index (χ0v) is 8.13. The zero-order valence-electron chi connectivity index (χ0n) is 8.13. The predicted octanol–water partition coefficient (Wildman–Crippen LogP) is 1.03.